The van der Waals surface area contributed by atoms with Gasteiger partial charge in [0, 0.05) is 12.3 Å². The molecule has 0 radical (unpaired) electrons. The molecular weight excluding hydrogens is 1130 g/mol. The summed E-state index contributed by atoms with van der Waals surface area (Å²) in [7, 11) is 0. The summed E-state index contributed by atoms with van der Waals surface area (Å²) in [5.41, 5.74) is -0.0628. The van der Waals surface area contributed by atoms with Crippen LogP contribution >= 0.6 is 0 Å². The Kier molecular flexibility index (Phi) is 20.8. The molecule has 0 amide bonds. The Morgan fingerprint density at radius 1 is 0.494 bits per heavy atom. The Bertz CT molecular complexity index is 2170. The van der Waals surface area contributed by atoms with Crippen molar-refractivity contribution >= 4 is 0 Å². The van der Waals surface area contributed by atoms with Crippen LogP contribution < -0.4 is 0 Å². The van der Waals surface area contributed by atoms with Crippen LogP contribution in [0.15, 0.2) is 0 Å². The maximum atomic E-state index is 12.1. The Labute approximate surface area is 493 Å². The average Bonchev–Trinajstić information content (AvgIpc) is 1.61. The van der Waals surface area contributed by atoms with Gasteiger partial charge in [0.1, 0.15) is 116 Å². The summed E-state index contributed by atoms with van der Waals surface area (Å²) in [6.45, 7) is 7.55. The van der Waals surface area contributed by atoms with Crippen molar-refractivity contribution < 1.29 is 139 Å². The summed E-state index contributed by atoms with van der Waals surface area (Å²) in [4.78, 5) is 0. The molecule has 10 aliphatic rings. The molecule has 6 aliphatic heterocycles. The number of rotatable bonds is 18. The molecule has 0 spiro atoms. The van der Waals surface area contributed by atoms with Gasteiger partial charge in [0.2, 0.25) is 0 Å². The number of hydrogen-bond donors (Lipinski definition) is 17. The third-order valence-electron chi connectivity index (χ3n) is 22.2. The van der Waals surface area contributed by atoms with Gasteiger partial charge in [-0.2, -0.15) is 0 Å². The Morgan fingerprint density at radius 2 is 1.00 bits per heavy atom. The van der Waals surface area contributed by atoms with Crippen LogP contribution in [-0.4, -0.2) is 291 Å². The van der Waals surface area contributed by atoms with Crippen LogP contribution in [0.25, 0.3) is 0 Å². The van der Waals surface area contributed by atoms with E-state index in [1.807, 2.05) is 6.92 Å². The van der Waals surface area contributed by atoms with Gasteiger partial charge in [-0.3, -0.25) is 0 Å². The van der Waals surface area contributed by atoms with Crippen molar-refractivity contribution in [2.24, 2.45) is 52.3 Å². The smallest absolute Gasteiger partial charge is 0.187 e. The summed E-state index contributed by atoms with van der Waals surface area (Å²) in [5.74, 6) is 0.158. The van der Waals surface area contributed by atoms with E-state index in [1.54, 1.807) is 0 Å². The Morgan fingerprint density at radius 3 is 1.61 bits per heavy atom. The van der Waals surface area contributed by atoms with Gasteiger partial charge in [-0.05, 0) is 111 Å². The van der Waals surface area contributed by atoms with Crippen LogP contribution in [0.5, 0.6) is 0 Å². The predicted molar refractivity (Wildman–Crippen MR) is 283 cm³/mol. The maximum Gasteiger partial charge on any atom is 0.187 e. The Hall–Kier alpha value is -1.12. The summed E-state index contributed by atoms with van der Waals surface area (Å²) in [6, 6.07) is 0. The molecule has 28 nitrogen and oxygen atoms in total. The van der Waals surface area contributed by atoms with Crippen molar-refractivity contribution in [1.29, 1.82) is 0 Å². The second-order valence-electron chi connectivity index (χ2n) is 27.1. The summed E-state index contributed by atoms with van der Waals surface area (Å²) < 4.78 is 65.4. The topological polar surface area (TPSA) is 445 Å². The summed E-state index contributed by atoms with van der Waals surface area (Å²) in [6.07, 6.45) is -33.2. The van der Waals surface area contributed by atoms with Crippen molar-refractivity contribution in [3.8, 4) is 0 Å². The number of aliphatic hydroxyl groups is 17. The molecule has 492 valence electrons. The van der Waals surface area contributed by atoms with E-state index < -0.39 is 186 Å². The minimum Gasteiger partial charge on any atom is -0.394 e. The van der Waals surface area contributed by atoms with E-state index in [2.05, 4.69) is 20.8 Å². The summed E-state index contributed by atoms with van der Waals surface area (Å²) in [5, 5.41) is 182. The van der Waals surface area contributed by atoms with Crippen molar-refractivity contribution in [3.63, 3.8) is 0 Å². The van der Waals surface area contributed by atoms with Crippen molar-refractivity contribution in [2.75, 3.05) is 33.0 Å². The van der Waals surface area contributed by atoms with Gasteiger partial charge >= 0.3 is 0 Å². The standard InChI is InChI=1S/C57H96O28/c1-21(19-75-51-44(70)39(65)36(62)30(16-58)79-51)8-13-57(74)22(2)34-29(85-57)15-28-26-7-6-24-14-25(9-11-55(24,4)27(26)10-12-56(28,34)5)78-52-46(72)41(67)48(32(18-60)81-52)83-54-47(73)42(68)49(84-53-45(71)40(66)37(63)31(17-59)80-53)33(82-54)20-76-50-43(69)38(64)35(61)23(3)77-50/h21-54,58-74H,6-20H2,1-5H3/t21-,22-,23+,24+,25-,26+,27-,28-,29-,30+,31+,32+,33+,34-,35+,36+,37-,38-,39-,40-,41+,42+,43+,44+,45+,46+,47+,48+,49+,50+,51+,52+,53-,54-,55-,56-,57+/m0/s1. The normalized spacial score (nSPS) is 55.8. The van der Waals surface area contributed by atoms with E-state index in [9.17, 15) is 86.8 Å². The first-order valence-corrected chi connectivity index (χ1v) is 30.7. The largest absolute Gasteiger partial charge is 0.394 e. The lowest BCUT2D eigenvalue weighted by atomic mass is 9.44. The van der Waals surface area contributed by atoms with Gasteiger partial charge in [0.15, 0.2) is 37.2 Å². The van der Waals surface area contributed by atoms with E-state index in [4.69, 9.17) is 52.1 Å². The number of fused-ring (bicyclic) bond motifs is 7. The molecule has 37 atom stereocenters. The zero-order chi connectivity index (χ0) is 61.5. The fourth-order valence-electron chi connectivity index (χ4n) is 17.0. The number of ether oxygens (including phenoxy) is 11. The van der Waals surface area contributed by atoms with Gasteiger partial charge in [-0.25, -0.2) is 0 Å². The second kappa shape index (κ2) is 26.5. The van der Waals surface area contributed by atoms with Crippen LogP contribution in [0.4, 0.5) is 0 Å². The summed E-state index contributed by atoms with van der Waals surface area (Å²) >= 11 is 0. The molecule has 10 fully saturated rings. The average molecular weight is 1230 g/mol. The van der Waals surface area contributed by atoms with Gasteiger partial charge in [-0.15, -0.1) is 0 Å². The van der Waals surface area contributed by atoms with Gasteiger partial charge in [0.25, 0.3) is 0 Å². The quantitative estimate of drug-likeness (QED) is 0.0571. The first-order valence-electron chi connectivity index (χ1n) is 30.7. The highest BCUT2D eigenvalue weighted by molar-refractivity contribution is 5.15. The van der Waals surface area contributed by atoms with Crippen LogP contribution in [0.3, 0.4) is 0 Å². The highest BCUT2D eigenvalue weighted by Crippen LogP contribution is 2.71. The number of hydrogen-bond acceptors (Lipinski definition) is 28. The highest BCUT2D eigenvalue weighted by Gasteiger charge is 2.69. The van der Waals surface area contributed by atoms with Crippen LogP contribution in [-0.2, 0) is 52.1 Å². The van der Waals surface area contributed by atoms with E-state index in [0.717, 1.165) is 38.5 Å². The zero-order valence-electron chi connectivity index (χ0n) is 48.8. The molecular formula is C57H96O28. The van der Waals surface area contributed by atoms with Crippen molar-refractivity contribution in [2.45, 2.75) is 270 Å². The van der Waals surface area contributed by atoms with Crippen molar-refractivity contribution in [1.82, 2.24) is 0 Å². The van der Waals surface area contributed by atoms with Gasteiger partial charge in [-0.1, -0.05) is 27.7 Å². The third-order valence-corrected chi connectivity index (χ3v) is 22.2. The van der Waals surface area contributed by atoms with Crippen LogP contribution in [0.2, 0.25) is 0 Å². The molecule has 0 unspecified atom stereocenters. The number of aliphatic hydroxyl groups excluding tert-OH is 16. The van der Waals surface area contributed by atoms with Gasteiger partial charge < -0.3 is 139 Å². The minimum atomic E-state index is -2.05. The molecule has 85 heavy (non-hydrogen) atoms. The van der Waals surface area contributed by atoms with E-state index >= 15 is 0 Å². The molecule has 10 rings (SSSR count). The molecule has 6 saturated heterocycles. The van der Waals surface area contributed by atoms with E-state index in [0.29, 0.717) is 43.4 Å². The molecule has 28 heteroatoms. The molecule has 0 bridgehead atoms. The molecule has 4 saturated carbocycles. The lowest BCUT2D eigenvalue weighted by molar-refractivity contribution is -0.386. The fourth-order valence-corrected chi connectivity index (χ4v) is 17.0. The third kappa shape index (κ3) is 12.4. The lowest BCUT2D eigenvalue weighted by Gasteiger charge is -2.61. The van der Waals surface area contributed by atoms with E-state index in [1.165, 1.54) is 6.92 Å². The Balaban J connectivity index is 0.735. The lowest BCUT2D eigenvalue weighted by Crippen LogP contribution is -2.67. The van der Waals surface area contributed by atoms with E-state index in [-0.39, 0.29) is 53.3 Å². The molecule has 0 aromatic heterocycles. The first kappa shape index (κ1) is 66.8. The fraction of sp³-hybridized carbons (Fsp3) is 1.00. The zero-order valence-corrected chi connectivity index (χ0v) is 48.8. The molecule has 6 heterocycles. The van der Waals surface area contributed by atoms with Crippen LogP contribution in [0.1, 0.15) is 98.8 Å². The SMILES string of the molecule is C[C@@H](CC[C@@]1(O)O[C@H]2C[C@H]3[C@@H]4CC[C@@H]5C[C@@H](O[C@@H]6O[C@H](CO)[C@@H](O[C@@H]7O[C@H](CO[C@@H]8O[C@H](C)[C@@H](O)[C@H](O)[C@H]8O)[C@@H](O[C@@H]8O[C@H](CO)[C@H](O)[C@H](O)[C@H]8O)[C@H](O)[C@H]7O)[C@H](O)[C@H]6O)CC[C@]5(C)[C@H]4CC[C@]3(C)[C@H]2[C@@H]1C)CO[C@@H]1O[C@H](CO)[C@@H](O)[C@H](O)[C@H]1O. The monoisotopic (exact) mass is 1230 g/mol. The van der Waals surface area contributed by atoms with Crippen molar-refractivity contribution in [3.05, 3.63) is 0 Å². The predicted octanol–water partition coefficient (Wildman–Crippen LogP) is -5.10. The van der Waals surface area contributed by atoms with Crippen LogP contribution in [0, 0.1) is 52.3 Å². The maximum absolute atomic E-state index is 12.1. The molecule has 17 N–H and O–H groups in total. The highest BCUT2D eigenvalue weighted by atomic mass is 16.8. The first-order chi connectivity index (χ1) is 40.2. The molecule has 0 aromatic rings. The molecule has 4 aliphatic carbocycles. The minimum absolute atomic E-state index is 0.0143. The van der Waals surface area contributed by atoms with Gasteiger partial charge in [0.05, 0.1) is 51.3 Å². The second-order valence-corrected chi connectivity index (χ2v) is 27.1. The molecule has 0 aromatic carbocycles.